The molecule has 0 saturated carbocycles. The second-order valence-corrected chi connectivity index (χ2v) is 18.5. The van der Waals surface area contributed by atoms with Crippen molar-refractivity contribution >= 4 is 19.8 Å². The molecule has 0 unspecified atom stereocenters. The third kappa shape index (κ3) is 16.8. The molecule has 1 nitrogen and oxygen atoms in total. The van der Waals surface area contributed by atoms with Gasteiger partial charge in [0, 0.05) is 0 Å². The maximum Gasteiger partial charge on any atom is -0.412 e. The molecule has 0 fully saturated rings. The van der Waals surface area contributed by atoms with Crippen LogP contribution in [0.3, 0.4) is 0 Å². The second-order valence-electron chi connectivity index (χ2n) is 9.93. The van der Waals surface area contributed by atoms with E-state index in [0.29, 0.717) is 16.2 Å². The molecule has 0 spiro atoms. The van der Waals surface area contributed by atoms with Crippen LogP contribution in [0.5, 0.6) is 0 Å². The van der Waals surface area contributed by atoms with Crippen molar-refractivity contribution in [3.05, 3.63) is 0 Å². The number of rotatable bonds is 6. The summed E-state index contributed by atoms with van der Waals surface area (Å²) in [6, 6.07) is 0. The van der Waals surface area contributed by atoms with E-state index in [-0.39, 0.29) is 5.48 Å². The van der Waals surface area contributed by atoms with Crippen LogP contribution in [-0.2, 0) is 0 Å². The normalized spacial score (nSPS) is 13.5. The van der Waals surface area contributed by atoms with Crippen molar-refractivity contribution in [1.82, 2.24) is 0 Å². The van der Waals surface area contributed by atoms with Crippen molar-refractivity contribution < 1.29 is 5.48 Å². The van der Waals surface area contributed by atoms with Crippen LogP contribution in [0, 0.1) is 16.2 Å². The van der Waals surface area contributed by atoms with Gasteiger partial charge in [-0.1, -0.05) is 0 Å². The van der Waals surface area contributed by atoms with E-state index >= 15 is 0 Å². The monoisotopic (exact) mass is 393 g/mol. The standard InChI is InChI=1S/3C6H13.H2O.Sn/c3*1-5-6(2,3)4;;/h3*1,5H2,2-4H3;1H2;. The average Bonchev–Trinajstić information content (AvgIpc) is 2.11. The minimum atomic E-state index is -1.14. The first kappa shape index (κ1) is 23.0. The Morgan fingerprint density at radius 1 is 0.500 bits per heavy atom. The molecule has 0 atom stereocenters. The summed E-state index contributed by atoms with van der Waals surface area (Å²) in [5.74, 6) is 0. The maximum atomic E-state index is 2.40. The van der Waals surface area contributed by atoms with Crippen molar-refractivity contribution in [2.24, 2.45) is 16.2 Å². The Morgan fingerprint density at radius 2 is 0.700 bits per heavy atom. The zero-order valence-electron chi connectivity index (χ0n) is 15.7. The molecule has 20 heavy (non-hydrogen) atoms. The molecule has 123 valence electrons. The van der Waals surface area contributed by atoms with Crippen LogP contribution in [0.2, 0.25) is 13.3 Å². The van der Waals surface area contributed by atoms with Gasteiger partial charge >= 0.3 is 131 Å². The van der Waals surface area contributed by atoms with Gasteiger partial charge in [-0.05, 0) is 0 Å². The summed E-state index contributed by atoms with van der Waals surface area (Å²) in [6.45, 7) is 21.6. The predicted octanol–water partition coefficient (Wildman–Crippen LogP) is 5.97. The molecule has 0 aromatic carbocycles. The van der Waals surface area contributed by atoms with Gasteiger partial charge in [0.05, 0.1) is 0 Å². The average molecular weight is 392 g/mol. The Morgan fingerprint density at radius 3 is 0.850 bits per heavy atom. The van der Waals surface area contributed by atoms with Gasteiger partial charge in [-0.25, -0.2) is 0 Å². The molecule has 0 amide bonds. The topological polar surface area (TPSA) is 31.5 Å². The van der Waals surface area contributed by atoms with E-state index in [0.717, 1.165) is 0 Å². The number of hydrogen-bond donors (Lipinski definition) is 0. The molecule has 2 N–H and O–H groups in total. The van der Waals surface area contributed by atoms with E-state index in [2.05, 4.69) is 62.3 Å². The van der Waals surface area contributed by atoms with Gasteiger partial charge in [0.2, 0.25) is 0 Å². The fourth-order valence-electron chi connectivity index (χ4n) is 2.03. The summed E-state index contributed by atoms with van der Waals surface area (Å²) in [5, 5.41) is 0. The predicted molar refractivity (Wildman–Crippen MR) is 96.0 cm³/mol. The summed E-state index contributed by atoms with van der Waals surface area (Å²) >= 11 is -1.14. The van der Waals surface area contributed by atoms with Crippen molar-refractivity contribution in [2.75, 3.05) is 0 Å². The van der Waals surface area contributed by atoms with Crippen LogP contribution in [0.1, 0.15) is 81.6 Å². The van der Waals surface area contributed by atoms with Crippen LogP contribution in [0.25, 0.3) is 0 Å². The zero-order chi connectivity index (χ0) is 15.3. The molecule has 0 aliphatic carbocycles. The summed E-state index contributed by atoms with van der Waals surface area (Å²) in [5.41, 5.74) is 1.61. The minimum absolute atomic E-state index is 0. The smallest absolute Gasteiger partial charge is 0.412 e. The summed E-state index contributed by atoms with van der Waals surface area (Å²) in [6.07, 6.45) is 4.36. The Bertz CT molecular complexity index is 197. The molecule has 0 aromatic rings. The van der Waals surface area contributed by atoms with Crippen LogP contribution in [-0.4, -0.2) is 25.2 Å². The SMILES string of the molecule is CC(C)(C)C[CH2][Sn]([CH2]CC(C)(C)C)[CH2]CC(C)(C)C.O. The van der Waals surface area contributed by atoms with Crippen LogP contribution >= 0.6 is 0 Å². The van der Waals surface area contributed by atoms with Crippen molar-refractivity contribution in [1.29, 1.82) is 0 Å². The van der Waals surface area contributed by atoms with Gasteiger partial charge in [0.15, 0.2) is 0 Å². The summed E-state index contributed by atoms with van der Waals surface area (Å²) < 4.78 is 4.83. The van der Waals surface area contributed by atoms with Crippen molar-refractivity contribution in [3.8, 4) is 0 Å². The Labute approximate surface area is 136 Å². The molecule has 1 radical (unpaired) electrons. The van der Waals surface area contributed by atoms with Crippen molar-refractivity contribution in [2.45, 2.75) is 94.9 Å². The molecule has 0 aliphatic rings. The maximum absolute atomic E-state index is 2.40. The minimum Gasteiger partial charge on any atom is -0.412 e. The molecule has 0 saturated heterocycles. The van der Waals surface area contributed by atoms with Crippen molar-refractivity contribution in [3.63, 3.8) is 0 Å². The molecule has 2 heteroatoms. The van der Waals surface area contributed by atoms with E-state index in [1.54, 1.807) is 13.3 Å². The van der Waals surface area contributed by atoms with Crippen LogP contribution in [0.15, 0.2) is 0 Å². The zero-order valence-corrected chi connectivity index (χ0v) is 18.6. The molecular formula is C18H41OSn. The quantitative estimate of drug-likeness (QED) is 0.499. The van der Waals surface area contributed by atoms with E-state index in [1.807, 2.05) is 0 Å². The summed E-state index contributed by atoms with van der Waals surface area (Å²) in [4.78, 5) is 0. The van der Waals surface area contributed by atoms with Crippen LogP contribution in [0.4, 0.5) is 0 Å². The third-order valence-corrected chi connectivity index (χ3v) is 11.9. The van der Waals surface area contributed by atoms with E-state index < -0.39 is 19.8 Å². The first-order chi connectivity index (χ1) is 8.29. The van der Waals surface area contributed by atoms with Gasteiger partial charge in [0.1, 0.15) is 0 Å². The molecular weight excluding hydrogens is 351 g/mol. The third-order valence-electron chi connectivity index (χ3n) is 3.69. The van der Waals surface area contributed by atoms with E-state index in [1.165, 1.54) is 19.3 Å². The fraction of sp³-hybridized carbons (Fsp3) is 1.00. The van der Waals surface area contributed by atoms with Gasteiger partial charge in [0.25, 0.3) is 0 Å². The molecule has 0 heterocycles. The van der Waals surface area contributed by atoms with Crippen LogP contribution < -0.4 is 0 Å². The number of hydrogen-bond acceptors (Lipinski definition) is 0. The first-order valence-electron chi connectivity index (χ1n) is 8.12. The Balaban J connectivity index is 0. The molecule has 0 bridgehead atoms. The first-order valence-corrected chi connectivity index (χ1v) is 14.2. The molecule has 0 aromatic heterocycles. The van der Waals surface area contributed by atoms with Gasteiger partial charge in [-0.2, -0.15) is 0 Å². The fourth-order valence-corrected chi connectivity index (χ4v) is 13.6. The Kier molecular flexibility index (Phi) is 10.4. The van der Waals surface area contributed by atoms with E-state index in [4.69, 9.17) is 0 Å². The Hall–Kier alpha value is 0.759. The molecule has 0 rings (SSSR count). The summed E-state index contributed by atoms with van der Waals surface area (Å²) in [7, 11) is 0. The largest absolute Gasteiger partial charge is 0.412 e. The van der Waals surface area contributed by atoms with Gasteiger partial charge in [-0.15, -0.1) is 0 Å². The van der Waals surface area contributed by atoms with Gasteiger partial charge < -0.3 is 5.48 Å². The second kappa shape index (κ2) is 9.02. The van der Waals surface area contributed by atoms with E-state index in [9.17, 15) is 0 Å². The van der Waals surface area contributed by atoms with Gasteiger partial charge in [-0.3, -0.25) is 0 Å². The molecule has 0 aliphatic heterocycles.